The van der Waals surface area contributed by atoms with Crippen LogP contribution in [0.15, 0.2) is 24.3 Å². The molecule has 1 saturated carbocycles. The molecule has 1 N–H and O–H groups in total. The van der Waals surface area contributed by atoms with E-state index in [4.69, 9.17) is 0 Å². The molecule has 1 saturated heterocycles. The van der Waals surface area contributed by atoms with Crippen molar-refractivity contribution in [3.8, 4) is 0 Å². The molecule has 5 heteroatoms. The first kappa shape index (κ1) is 16.0. The lowest BCUT2D eigenvalue weighted by molar-refractivity contribution is -0.117. The van der Waals surface area contributed by atoms with Crippen molar-refractivity contribution in [3.63, 3.8) is 0 Å². The second-order valence-corrected chi connectivity index (χ2v) is 6.64. The summed E-state index contributed by atoms with van der Waals surface area (Å²) in [6.07, 6.45) is 4.07. The molecule has 0 aromatic heterocycles. The number of rotatable bonds is 4. The Balaban J connectivity index is 1.64. The van der Waals surface area contributed by atoms with Crippen molar-refractivity contribution in [1.29, 1.82) is 0 Å². The summed E-state index contributed by atoms with van der Waals surface area (Å²) in [5.74, 6) is 0.297. The van der Waals surface area contributed by atoms with Gasteiger partial charge in [0.25, 0.3) is 5.91 Å². The summed E-state index contributed by atoms with van der Waals surface area (Å²) in [4.78, 5) is 27.7. The van der Waals surface area contributed by atoms with Crippen LogP contribution in [0, 0.1) is 5.92 Å². The fraction of sp³-hybridized carbons (Fsp3) is 0.556. The highest BCUT2D eigenvalue weighted by Crippen LogP contribution is 2.27. The monoisotopic (exact) mass is 316 g/mol. The van der Waals surface area contributed by atoms with Gasteiger partial charge in [0.1, 0.15) is 0 Å². The normalized spacial score (nSPS) is 24.3. The highest BCUT2D eigenvalue weighted by molar-refractivity contribution is 5.97. The van der Waals surface area contributed by atoms with Gasteiger partial charge in [-0.2, -0.15) is 0 Å². The molecule has 1 aliphatic carbocycles. The van der Waals surface area contributed by atoms with Crippen molar-refractivity contribution in [2.45, 2.75) is 38.2 Å². The van der Waals surface area contributed by atoms with Crippen LogP contribution in [-0.2, 0) is 4.79 Å². The van der Waals surface area contributed by atoms with Crippen LogP contribution >= 0.6 is 0 Å². The molecule has 1 heterocycles. The van der Waals surface area contributed by atoms with Gasteiger partial charge in [0.15, 0.2) is 0 Å². The Kier molecular flexibility index (Phi) is 4.66. The molecular weight excluding hydrogens is 292 g/mol. The predicted molar refractivity (Wildman–Crippen MR) is 88.3 cm³/mol. The van der Waals surface area contributed by atoms with Gasteiger partial charge in [0.2, 0.25) is 5.91 Å². The van der Waals surface area contributed by atoms with E-state index >= 15 is 0 Å². The van der Waals surface area contributed by atoms with Gasteiger partial charge in [-0.05, 0) is 43.5 Å². The molecule has 0 bridgehead atoms. The Morgan fingerprint density at radius 2 is 2.00 bits per heavy atom. The molecule has 0 radical (unpaired) electrons. The van der Waals surface area contributed by atoms with Crippen LogP contribution < -0.4 is 4.90 Å². The lowest BCUT2D eigenvalue weighted by atomic mass is 10.1. The Bertz CT molecular complexity index is 584. The number of amides is 2. The Morgan fingerprint density at radius 1 is 1.26 bits per heavy atom. The minimum Gasteiger partial charge on any atom is -0.393 e. The van der Waals surface area contributed by atoms with E-state index in [1.165, 1.54) is 0 Å². The van der Waals surface area contributed by atoms with Crippen molar-refractivity contribution in [3.05, 3.63) is 29.8 Å². The second kappa shape index (κ2) is 6.71. The van der Waals surface area contributed by atoms with Crippen molar-refractivity contribution in [2.24, 2.45) is 5.92 Å². The van der Waals surface area contributed by atoms with Crippen molar-refractivity contribution < 1.29 is 14.7 Å². The van der Waals surface area contributed by atoms with Crippen LogP contribution in [0.5, 0.6) is 0 Å². The van der Waals surface area contributed by atoms with Crippen LogP contribution in [0.4, 0.5) is 5.69 Å². The molecule has 3 rings (SSSR count). The number of carbonyl (C=O) groups is 2. The molecule has 1 aromatic carbocycles. The maximum absolute atomic E-state index is 12.5. The van der Waals surface area contributed by atoms with E-state index in [0.29, 0.717) is 18.5 Å². The summed E-state index contributed by atoms with van der Waals surface area (Å²) in [5, 5.41) is 9.90. The summed E-state index contributed by atoms with van der Waals surface area (Å²) < 4.78 is 0. The van der Waals surface area contributed by atoms with E-state index in [-0.39, 0.29) is 23.8 Å². The number of carbonyl (C=O) groups excluding carboxylic acids is 2. The number of benzene rings is 1. The molecule has 124 valence electrons. The van der Waals surface area contributed by atoms with Gasteiger partial charge >= 0.3 is 0 Å². The molecule has 23 heavy (non-hydrogen) atoms. The lowest BCUT2D eigenvalue weighted by Crippen LogP contribution is -2.34. The minimum atomic E-state index is -0.284. The van der Waals surface area contributed by atoms with Gasteiger partial charge in [-0.15, -0.1) is 0 Å². The largest absolute Gasteiger partial charge is 0.393 e. The summed E-state index contributed by atoms with van der Waals surface area (Å²) in [7, 11) is 1.78. The fourth-order valence-electron chi connectivity index (χ4n) is 3.59. The number of nitrogens with zero attached hydrogens (tertiary/aromatic N) is 2. The van der Waals surface area contributed by atoms with E-state index in [2.05, 4.69) is 0 Å². The van der Waals surface area contributed by atoms with Gasteiger partial charge in [0.05, 0.1) is 6.10 Å². The van der Waals surface area contributed by atoms with Gasteiger partial charge in [0, 0.05) is 43.7 Å². The summed E-state index contributed by atoms with van der Waals surface area (Å²) >= 11 is 0. The van der Waals surface area contributed by atoms with Crippen molar-refractivity contribution in [1.82, 2.24) is 4.90 Å². The molecule has 2 fully saturated rings. The first-order valence-corrected chi connectivity index (χ1v) is 8.40. The Labute approximate surface area is 136 Å². The molecule has 5 nitrogen and oxygen atoms in total. The molecule has 1 aromatic rings. The fourth-order valence-corrected chi connectivity index (χ4v) is 3.59. The quantitative estimate of drug-likeness (QED) is 0.925. The third-order valence-electron chi connectivity index (χ3n) is 4.97. The van der Waals surface area contributed by atoms with Crippen LogP contribution in [0.25, 0.3) is 0 Å². The summed E-state index contributed by atoms with van der Waals surface area (Å²) in [6.45, 7) is 1.35. The first-order valence-electron chi connectivity index (χ1n) is 8.40. The van der Waals surface area contributed by atoms with Crippen molar-refractivity contribution in [2.75, 3.05) is 25.0 Å². The van der Waals surface area contributed by atoms with E-state index in [1.807, 2.05) is 12.1 Å². The number of hydrogen-bond donors (Lipinski definition) is 1. The van der Waals surface area contributed by atoms with Crippen molar-refractivity contribution >= 4 is 17.5 Å². The second-order valence-electron chi connectivity index (χ2n) is 6.64. The number of hydrogen-bond acceptors (Lipinski definition) is 3. The SMILES string of the molecule is CN(CC1CCCC1O)C(=O)c1ccc(N2CCCC2=O)cc1. The van der Waals surface area contributed by atoms with E-state index in [0.717, 1.165) is 37.9 Å². The average molecular weight is 316 g/mol. The Hall–Kier alpha value is -1.88. The Morgan fingerprint density at radius 3 is 2.57 bits per heavy atom. The minimum absolute atomic E-state index is 0.0385. The zero-order valence-electron chi connectivity index (χ0n) is 13.6. The van der Waals surface area contributed by atoms with Gasteiger partial charge in [-0.1, -0.05) is 6.42 Å². The third kappa shape index (κ3) is 3.39. The average Bonchev–Trinajstić information content (AvgIpc) is 3.15. The highest BCUT2D eigenvalue weighted by Gasteiger charge is 2.28. The maximum Gasteiger partial charge on any atom is 0.253 e. The van der Waals surface area contributed by atoms with Crippen LogP contribution in [0.2, 0.25) is 0 Å². The zero-order chi connectivity index (χ0) is 16.4. The molecule has 2 unspecified atom stereocenters. The first-order chi connectivity index (χ1) is 11.1. The van der Waals surface area contributed by atoms with E-state index in [1.54, 1.807) is 29.0 Å². The van der Waals surface area contributed by atoms with Gasteiger partial charge < -0.3 is 14.9 Å². The topological polar surface area (TPSA) is 60.9 Å². The smallest absolute Gasteiger partial charge is 0.253 e. The molecule has 2 atom stereocenters. The highest BCUT2D eigenvalue weighted by atomic mass is 16.3. The standard InChI is InChI=1S/C18H24N2O3/c1-19(12-14-4-2-5-16(14)21)18(23)13-7-9-15(10-8-13)20-11-3-6-17(20)22/h7-10,14,16,21H,2-6,11-12H2,1H3. The number of aliphatic hydroxyl groups is 1. The lowest BCUT2D eigenvalue weighted by Gasteiger charge is -2.23. The molecular formula is C18H24N2O3. The van der Waals surface area contributed by atoms with Gasteiger partial charge in [-0.25, -0.2) is 0 Å². The summed E-state index contributed by atoms with van der Waals surface area (Å²) in [5.41, 5.74) is 1.48. The number of aliphatic hydroxyl groups excluding tert-OH is 1. The summed E-state index contributed by atoms with van der Waals surface area (Å²) in [6, 6.07) is 7.25. The molecule has 0 spiro atoms. The van der Waals surface area contributed by atoms with Crippen LogP contribution in [-0.4, -0.2) is 48.1 Å². The molecule has 2 aliphatic rings. The van der Waals surface area contributed by atoms with Crippen LogP contribution in [0.1, 0.15) is 42.5 Å². The van der Waals surface area contributed by atoms with Crippen LogP contribution in [0.3, 0.4) is 0 Å². The third-order valence-corrected chi connectivity index (χ3v) is 4.97. The zero-order valence-corrected chi connectivity index (χ0v) is 13.6. The van der Waals surface area contributed by atoms with E-state index in [9.17, 15) is 14.7 Å². The number of anilines is 1. The predicted octanol–water partition coefficient (Wildman–Crippen LogP) is 2.05. The molecule has 1 aliphatic heterocycles. The molecule has 2 amide bonds. The van der Waals surface area contributed by atoms with E-state index < -0.39 is 0 Å². The van der Waals surface area contributed by atoms with Gasteiger partial charge in [-0.3, -0.25) is 9.59 Å². The maximum atomic E-state index is 12.5.